The van der Waals surface area contributed by atoms with Gasteiger partial charge in [0.05, 0.1) is 11.1 Å². The van der Waals surface area contributed by atoms with E-state index in [1.807, 2.05) is 0 Å². The number of aliphatic hydroxyl groups is 2. The van der Waals surface area contributed by atoms with Gasteiger partial charge < -0.3 is 19.7 Å². The maximum Gasteiger partial charge on any atom is 0.336 e. The van der Waals surface area contributed by atoms with E-state index >= 15 is 0 Å². The lowest BCUT2D eigenvalue weighted by Crippen LogP contribution is -2.19. The monoisotopic (exact) mass is 418 g/mol. The number of hydrogen-bond donors (Lipinski definition) is 2. The molecule has 0 radical (unpaired) electrons. The summed E-state index contributed by atoms with van der Waals surface area (Å²) in [4.78, 5) is 23.9. The molecule has 2 rings (SSSR count). The van der Waals surface area contributed by atoms with Gasteiger partial charge in [0.1, 0.15) is 37.1 Å². The van der Waals surface area contributed by atoms with E-state index in [2.05, 4.69) is 13.2 Å². The summed E-state index contributed by atoms with van der Waals surface area (Å²) in [6, 6.07) is 9.73. The predicted molar refractivity (Wildman–Crippen MR) is 103 cm³/mol. The van der Waals surface area contributed by atoms with Gasteiger partial charge >= 0.3 is 11.9 Å². The van der Waals surface area contributed by atoms with Crippen LogP contribution < -0.4 is 0 Å². The minimum absolute atomic E-state index is 0.260. The average Bonchev–Trinajstić information content (AvgIpc) is 2.75. The van der Waals surface area contributed by atoms with Crippen LogP contribution >= 0.6 is 0 Å². The molecule has 0 aliphatic heterocycles. The molecule has 2 atom stereocenters. The summed E-state index contributed by atoms with van der Waals surface area (Å²) in [7, 11) is 0. The topological polar surface area (TPSA) is 93.1 Å². The van der Waals surface area contributed by atoms with Gasteiger partial charge in [0.15, 0.2) is 0 Å². The van der Waals surface area contributed by atoms with E-state index in [0.717, 1.165) is 24.3 Å². The minimum atomic E-state index is -1.38. The zero-order valence-electron chi connectivity index (χ0n) is 15.9. The van der Waals surface area contributed by atoms with Crippen molar-refractivity contribution in [3.05, 3.63) is 95.6 Å². The van der Waals surface area contributed by atoms with E-state index in [4.69, 9.17) is 9.47 Å². The van der Waals surface area contributed by atoms with Crippen LogP contribution in [0.4, 0.5) is 8.78 Å². The number of aliphatic hydroxyl groups excluding tert-OH is 2. The number of rotatable bonds is 9. The van der Waals surface area contributed by atoms with E-state index in [1.54, 1.807) is 0 Å². The Kier molecular flexibility index (Phi) is 7.97. The van der Waals surface area contributed by atoms with E-state index in [-0.39, 0.29) is 35.5 Å². The van der Waals surface area contributed by atoms with Crippen molar-refractivity contribution < 1.29 is 38.1 Å². The number of hydrogen-bond acceptors (Lipinski definition) is 6. The van der Waals surface area contributed by atoms with Gasteiger partial charge in [0.2, 0.25) is 0 Å². The lowest BCUT2D eigenvalue weighted by Gasteiger charge is -2.15. The Labute approximate surface area is 171 Å². The Balaban J connectivity index is 1.77. The molecule has 0 spiro atoms. The van der Waals surface area contributed by atoms with Crippen LogP contribution in [-0.2, 0) is 19.1 Å². The number of halogens is 2. The summed E-state index contributed by atoms with van der Waals surface area (Å²) in [5.74, 6) is -2.83. The first-order chi connectivity index (χ1) is 14.2. The molecule has 0 bridgehead atoms. The number of carbonyl (C=O) groups excluding carboxylic acids is 2. The van der Waals surface area contributed by atoms with Gasteiger partial charge in [0.25, 0.3) is 0 Å². The van der Waals surface area contributed by atoms with Crippen molar-refractivity contribution >= 4 is 11.9 Å². The summed E-state index contributed by atoms with van der Waals surface area (Å²) in [6.45, 7) is 6.25. The molecular weight excluding hydrogens is 398 g/mol. The van der Waals surface area contributed by atoms with Gasteiger partial charge in [-0.3, -0.25) is 0 Å². The van der Waals surface area contributed by atoms with Gasteiger partial charge in [-0.1, -0.05) is 37.4 Å². The number of carbonyl (C=O) groups is 2. The smallest absolute Gasteiger partial charge is 0.336 e. The molecule has 2 N–H and O–H groups in total. The molecule has 0 aromatic heterocycles. The Bertz CT molecular complexity index is 844. The zero-order valence-corrected chi connectivity index (χ0v) is 15.9. The molecule has 8 heteroatoms. The van der Waals surface area contributed by atoms with Gasteiger partial charge in [0, 0.05) is 0 Å². The van der Waals surface area contributed by atoms with Crippen LogP contribution in [0, 0.1) is 11.6 Å². The van der Waals surface area contributed by atoms with Crippen molar-refractivity contribution in [1.29, 1.82) is 0 Å². The van der Waals surface area contributed by atoms with Crippen LogP contribution in [0.2, 0.25) is 0 Å². The highest BCUT2D eigenvalue weighted by molar-refractivity contribution is 5.89. The van der Waals surface area contributed by atoms with Gasteiger partial charge in [-0.2, -0.15) is 0 Å². The maximum absolute atomic E-state index is 12.9. The third-order valence-electron chi connectivity index (χ3n) is 4.11. The number of ether oxygens (including phenoxy) is 2. The van der Waals surface area contributed by atoms with Crippen molar-refractivity contribution in [1.82, 2.24) is 0 Å². The second-order valence-electron chi connectivity index (χ2n) is 6.23. The van der Waals surface area contributed by atoms with Gasteiger partial charge in [-0.05, 0) is 35.4 Å². The first-order valence-electron chi connectivity index (χ1n) is 8.79. The zero-order chi connectivity index (χ0) is 22.3. The molecule has 0 amide bonds. The Morgan fingerprint density at radius 1 is 0.733 bits per heavy atom. The maximum atomic E-state index is 12.9. The van der Waals surface area contributed by atoms with Crippen LogP contribution in [0.25, 0.3) is 0 Å². The molecule has 2 aromatic rings. The van der Waals surface area contributed by atoms with Crippen LogP contribution in [0.1, 0.15) is 23.3 Å². The number of esters is 2. The van der Waals surface area contributed by atoms with Gasteiger partial charge in [-0.15, -0.1) is 0 Å². The van der Waals surface area contributed by atoms with Crippen molar-refractivity contribution in [3.8, 4) is 0 Å². The highest BCUT2D eigenvalue weighted by atomic mass is 19.1. The molecule has 0 aliphatic carbocycles. The van der Waals surface area contributed by atoms with Crippen LogP contribution in [0.5, 0.6) is 0 Å². The van der Waals surface area contributed by atoms with E-state index in [0.29, 0.717) is 0 Å². The third kappa shape index (κ3) is 6.07. The van der Waals surface area contributed by atoms with E-state index < -0.39 is 35.8 Å². The molecule has 0 fully saturated rings. The first kappa shape index (κ1) is 22.9. The summed E-state index contributed by atoms with van der Waals surface area (Å²) < 4.78 is 35.6. The Morgan fingerprint density at radius 2 is 1.03 bits per heavy atom. The molecule has 6 nitrogen and oxygen atoms in total. The molecule has 158 valence electrons. The molecule has 2 unspecified atom stereocenters. The fourth-order valence-electron chi connectivity index (χ4n) is 2.37. The summed E-state index contributed by atoms with van der Waals surface area (Å²) in [5, 5.41) is 20.2. The highest BCUT2D eigenvalue weighted by Gasteiger charge is 2.21. The molecule has 0 saturated carbocycles. The molecular formula is C22H20F2O6. The SMILES string of the molecule is C=C(C(=O)OCCOC(=O)C(=C)C(O)c1ccc(F)cc1)C(O)c1ccc(F)cc1. The molecule has 30 heavy (non-hydrogen) atoms. The second-order valence-corrected chi connectivity index (χ2v) is 6.23. The Morgan fingerprint density at radius 3 is 1.33 bits per heavy atom. The Hall–Kier alpha value is -3.36. The summed E-state index contributed by atoms with van der Waals surface area (Å²) in [5.41, 5.74) is -0.0279. The summed E-state index contributed by atoms with van der Waals surface area (Å²) >= 11 is 0. The highest BCUT2D eigenvalue weighted by Crippen LogP contribution is 2.22. The van der Waals surface area contributed by atoms with Crippen molar-refractivity contribution in [3.63, 3.8) is 0 Å². The normalized spacial score (nSPS) is 12.5. The van der Waals surface area contributed by atoms with Crippen molar-refractivity contribution in [2.75, 3.05) is 13.2 Å². The van der Waals surface area contributed by atoms with Crippen LogP contribution in [0.3, 0.4) is 0 Å². The lowest BCUT2D eigenvalue weighted by atomic mass is 10.0. The molecule has 0 heterocycles. The fraction of sp³-hybridized carbons (Fsp3) is 0.182. The number of benzene rings is 2. The van der Waals surface area contributed by atoms with Crippen LogP contribution in [0.15, 0.2) is 72.8 Å². The standard InChI is InChI=1S/C22H20F2O6/c1-13(19(25)15-3-7-17(23)8-4-15)21(27)29-11-12-30-22(28)14(2)20(26)16-5-9-18(24)10-6-16/h3-10,19-20,25-26H,1-2,11-12H2. The minimum Gasteiger partial charge on any atom is -0.459 e. The first-order valence-corrected chi connectivity index (χ1v) is 8.79. The van der Waals surface area contributed by atoms with E-state index in [1.165, 1.54) is 24.3 Å². The molecule has 0 aliphatic rings. The fourth-order valence-corrected chi connectivity index (χ4v) is 2.37. The third-order valence-corrected chi connectivity index (χ3v) is 4.11. The van der Waals surface area contributed by atoms with Crippen molar-refractivity contribution in [2.24, 2.45) is 0 Å². The second kappa shape index (κ2) is 10.4. The average molecular weight is 418 g/mol. The van der Waals surface area contributed by atoms with Crippen LogP contribution in [-0.4, -0.2) is 35.4 Å². The quantitative estimate of drug-likeness (QED) is 0.370. The lowest BCUT2D eigenvalue weighted by molar-refractivity contribution is -0.148. The molecule has 0 saturated heterocycles. The largest absolute Gasteiger partial charge is 0.459 e. The predicted octanol–water partition coefficient (Wildman–Crippen LogP) is 2.93. The van der Waals surface area contributed by atoms with Crippen molar-refractivity contribution in [2.45, 2.75) is 12.2 Å². The summed E-state index contributed by atoms with van der Waals surface area (Å²) in [6.07, 6.45) is -2.77. The van der Waals surface area contributed by atoms with E-state index in [9.17, 15) is 28.6 Å². The van der Waals surface area contributed by atoms with Gasteiger partial charge in [-0.25, -0.2) is 18.4 Å². The molecule has 2 aromatic carbocycles.